The van der Waals surface area contributed by atoms with Crippen LogP contribution in [0.15, 0.2) is 42.5 Å². The summed E-state index contributed by atoms with van der Waals surface area (Å²) in [5.41, 5.74) is 1.17. The van der Waals surface area contributed by atoms with Crippen molar-refractivity contribution in [3.05, 3.63) is 63.7 Å². The summed E-state index contributed by atoms with van der Waals surface area (Å²) in [6, 6.07) is 10.7. The summed E-state index contributed by atoms with van der Waals surface area (Å²) in [5.74, 6) is -1.30. The molecule has 0 atom stereocenters. The zero-order chi connectivity index (χ0) is 18.4. The van der Waals surface area contributed by atoms with E-state index in [1.54, 1.807) is 24.3 Å². The number of rotatable bonds is 7. The number of methoxy groups -OCH3 is 1. The van der Waals surface area contributed by atoms with Crippen molar-refractivity contribution < 1.29 is 24.4 Å². The average molecular weight is 344 g/mol. The van der Waals surface area contributed by atoms with Crippen LogP contribution in [0, 0.1) is 10.1 Å². The zero-order valence-corrected chi connectivity index (χ0v) is 13.4. The van der Waals surface area contributed by atoms with E-state index in [9.17, 15) is 19.7 Å². The number of nitro groups is 1. The normalized spacial score (nSPS) is 10.1. The smallest absolute Gasteiger partial charge is 0.311 e. The number of nitrogens with zero attached hydrogens (tertiary/aromatic N) is 1. The molecule has 0 saturated carbocycles. The molecule has 2 N–H and O–H groups in total. The van der Waals surface area contributed by atoms with E-state index in [-0.39, 0.29) is 23.4 Å². The maximum atomic E-state index is 12.2. The number of carbonyl (C=O) groups excluding carboxylic acids is 1. The molecular weight excluding hydrogens is 328 g/mol. The Labute approximate surface area is 143 Å². The predicted molar refractivity (Wildman–Crippen MR) is 90.0 cm³/mol. The monoisotopic (exact) mass is 344 g/mol. The highest BCUT2D eigenvalue weighted by molar-refractivity contribution is 6.04. The number of hydrogen-bond donors (Lipinski definition) is 2. The number of aliphatic carboxylic acids is 1. The second-order valence-corrected chi connectivity index (χ2v) is 5.19. The van der Waals surface area contributed by atoms with Crippen LogP contribution in [0.2, 0.25) is 0 Å². The minimum Gasteiger partial charge on any atom is -0.490 e. The predicted octanol–water partition coefficient (Wildman–Crippen LogP) is 2.87. The molecule has 8 nitrogen and oxygen atoms in total. The van der Waals surface area contributed by atoms with Crippen molar-refractivity contribution in [1.82, 2.24) is 0 Å². The van der Waals surface area contributed by atoms with Crippen LogP contribution in [0.3, 0.4) is 0 Å². The highest BCUT2D eigenvalue weighted by atomic mass is 16.6. The van der Waals surface area contributed by atoms with Crippen LogP contribution in [0.25, 0.3) is 0 Å². The number of anilines is 1. The number of aryl methyl sites for hydroxylation is 1. The maximum Gasteiger partial charge on any atom is 0.311 e. The lowest BCUT2D eigenvalue weighted by Gasteiger charge is -2.08. The molecule has 0 radical (unpaired) electrons. The molecular formula is C17H16N2O6. The Balaban J connectivity index is 2.10. The van der Waals surface area contributed by atoms with E-state index in [0.29, 0.717) is 12.1 Å². The molecule has 0 aliphatic carbocycles. The Morgan fingerprint density at radius 3 is 2.44 bits per heavy atom. The van der Waals surface area contributed by atoms with Crippen LogP contribution < -0.4 is 10.1 Å². The molecule has 25 heavy (non-hydrogen) atoms. The molecule has 0 fully saturated rings. The average Bonchev–Trinajstić information content (AvgIpc) is 2.60. The summed E-state index contributed by atoms with van der Waals surface area (Å²) in [5, 5.41) is 22.3. The van der Waals surface area contributed by atoms with Gasteiger partial charge in [-0.25, -0.2) is 0 Å². The number of hydrogen-bond acceptors (Lipinski definition) is 5. The van der Waals surface area contributed by atoms with E-state index in [2.05, 4.69) is 5.32 Å². The molecule has 0 aliphatic rings. The molecule has 0 spiro atoms. The van der Waals surface area contributed by atoms with Gasteiger partial charge in [0.25, 0.3) is 5.91 Å². The third-order valence-electron chi connectivity index (χ3n) is 3.48. The van der Waals surface area contributed by atoms with Gasteiger partial charge in [0, 0.05) is 23.7 Å². The van der Waals surface area contributed by atoms with Crippen LogP contribution in [-0.4, -0.2) is 29.0 Å². The third kappa shape index (κ3) is 4.77. The van der Waals surface area contributed by atoms with Gasteiger partial charge in [0.15, 0.2) is 5.75 Å². The molecule has 0 saturated heterocycles. The number of amides is 1. The Kier molecular flexibility index (Phi) is 5.67. The Hall–Kier alpha value is -3.42. The van der Waals surface area contributed by atoms with Gasteiger partial charge in [-0.3, -0.25) is 19.7 Å². The first-order valence-electron chi connectivity index (χ1n) is 7.35. The first-order chi connectivity index (χ1) is 11.9. The lowest BCUT2D eigenvalue weighted by molar-refractivity contribution is -0.385. The van der Waals surface area contributed by atoms with Crippen molar-refractivity contribution in [2.75, 3.05) is 12.4 Å². The minimum atomic E-state index is -0.876. The highest BCUT2D eigenvalue weighted by Crippen LogP contribution is 2.27. The number of carboxylic acid groups (broad SMARTS) is 1. The fourth-order valence-electron chi connectivity index (χ4n) is 2.18. The second-order valence-electron chi connectivity index (χ2n) is 5.19. The largest absolute Gasteiger partial charge is 0.490 e. The Bertz CT molecular complexity index is 801. The van der Waals surface area contributed by atoms with Gasteiger partial charge in [0.2, 0.25) is 0 Å². The van der Waals surface area contributed by atoms with E-state index < -0.39 is 16.8 Å². The van der Waals surface area contributed by atoms with E-state index in [1.165, 1.54) is 19.2 Å². The van der Waals surface area contributed by atoms with Crippen molar-refractivity contribution in [1.29, 1.82) is 0 Å². The number of nitro benzene ring substituents is 1. The van der Waals surface area contributed by atoms with Crippen LogP contribution in [0.5, 0.6) is 5.75 Å². The van der Waals surface area contributed by atoms with Gasteiger partial charge in [-0.05, 0) is 36.2 Å². The van der Waals surface area contributed by atoms with Crippen LogP contribution in [0.1, 0.15) is 22.3 Å². The fourth-order valence-corrected chi connectivity index (χ4v) is 2.18. The van der Waals surface area contributed by atoms with Gasteiger partial charge in [0.05, 0.1) is 12.0 Å². The molecule has 8 heteroatoms. The van der Waals surface area contributed by atoms with Crippen LogP contribution in [-0.2, 0) is 11.2 Å². The second kappa shape index (κ2) is 7.91. The molecule has 0 bridgehead atoms. The Morgan fingerprint density at radius 2 is 1.88 bits per heavy atom. The van der Waals surface area contributed by atoms with E-state index in [0.717, 1.165) is 11.6 Å². The van der Waals surface area contributed by atoms with E-state index >= 15 is 0 Å². The summed E-state index contributed by atoms with van der Waals surface area (Å²) in [6.45, 7) is 0. The van der Waals surface area contributed by atoms with Crippen LogP contribution >= 0.6 is 0 Å². The number of carboxylic acids is 1. The Morgan fingerprint density at radius 1 is 1.20 bits per heavy atom. The molecule has 0 heterocycles. The quantitative estimate of drug-likeness (QED) is 0.589. The minimum absolute atomic E-state index is 0.0290. The molecule has 130 valence electrons. The fraction of sp³-hybridized carbons (Fsp3) is 0.176. The third-order valence-corrected chi connectivity index (χ3v) is 3.48. The molecule has 2 aromatic carbocycles. The van der Waals surface area contributed by atoms with Gasteiger partial charge in [-0.2, -0.15) is 0 Å². The highest BCUT2D eigenvalue weighted by Gasteiger charge is 2.18. The molecule has 0 unspecified atom stereocenters. The molecule has 0 aromatic heterocycles. The van der Waals surface area contributed by atoms with Gasteiger partial charge in [0.1, 0.15) is 0 Å². The standard InChI is InChI=1S/C17H16N2O6/c1-25-15-8-5-12(10-14(15)19(23)24)17(22)18-13-6-2-11(3-7-13)4-9-16(20)21/h2-3,5-8,10H,4,9H2,1H3,(H,18,22)(H,20,21). The summed E-state index contributed by atoms with van der Waals surface area (Å²) in [7, 11) is 1.31. The lowest BCUT2D eigenvalue weighted by atomic mass is 10.1. The topological polar surface area (TPSA) is 119 Å². The summed E-state index contributed by atoms with van der Waals surface area (Å²) < 4.78 is 4.90. The molecule has 0 aliphatic heterocycles. The van der Waals surface area contributed by atoms with E-state index in [1.807, 2.05) is 0 Å². The summed E-state index contributed by atoms with van der Waals surface area (Å²) in [6.07, 6.45) is 0.426. The van der Waals surface area contributed by atoms with Crippen molar-refractivity contribution in [2.24, 2.45) is 0 Å². The number of ether oxygens (including phenoxy) is 1. The van der Waals surface area contributed by atoms with Crippen molar-refractivity contribution in [3.8, 4) is 5.75 Å². The van der Waals surface area contributed by atoms with Crippen molar-refractivity contribution in [3.63, 3.8) is 0 Å². The number of nitrogens with one attached hydrogen (secondary N) is 1. The number of carbonyl (C=O) groups is 2. The SMILES string of the molecule is COc1ccc(C(=O)Nc2ccc(CCC(=O)O)cc2)cc1[N+](=O)[O-]. The first kappa shape index (κ1) is 17.9. The first-order valence-corrected chi connectivity index (χ1v) is 7.35. The van der Waals surface area contributed by atoms with Gasteiger partial charge in [-0.15, -0.1) is 0 Å². The van der Waals surface area contributed by atoms with Gasteiger partial charge in [-0.1, -0.05) is 12.1 Å². The summed E-state index contributed by atoms with van der Waals surface area (Å²) >= 11 is 0. The van der Waals surface area contributed by atoms with E-state index in [4.69, 9.17) is 9.84 Å². The lowest BCUT2D eigenvalue weighted by Crippen LogP contribution is -2.12. The molecule has 1 amide bonds. The van der Waals surface area contributed by atoms with Gasteiger partial charge >= 0.3 is 11.7 Å². The van der Waals surface area contributed by atoms with Gasteiger partial charge < -0.3 is 15.2 Å². The maximum absolute atomic E-state index is 12.2. The molecule has 2 rings (SSSR count). The molecule has 2 aromatic rings. The van der Waals surface area contributed by atoms with Crippen LogP contribution in [0.4, 0.5) is 11.4 Å². The number of benzene rings is 2. The van der Waals surface area contributed by atoms with Crippen molar-refractivity contribution >= 4 is 23.3 Å². The zero-order valence-electron chi connectivity index (χ0n) is 13.4. The summed E-state index contributed by atoms with van der Waals surface area (Å²) in [4.78, 5) is 33.2. The van der Waals surface area contributed by atoms with Crippen molar-refractivity contribution in [2.45, 2.75) is 12.8 Å².